The van der Waals surface area contributed by atoms with E-state index < -0.39 is 0 Å². The van der Waals surface area contributed by atoms with E-state index in [1.165, 1.54) is 0 Å². The summed E-state index contributed by atoms with van der Waals surface area (Å²) in [6.45, 7) is 11.1. The Labute approximate surface area is 80.5 Å². The minimum atomic E-state index is -0.0499. The van der Waals surface area contributed by atoms with Crippen LogP contribution in [0.2, 0.25) is 0 Å². The fraction of sp³-hybridized carbons (Fsp3) is 0.900. The molecule has 1 saturated heterocycles. The summed E-state index contributed by atoms with van der Waals surface area (Å²) in [5, 5.41) is 3.30. The molecule has 1 aliphatic heterocycles. The van der Waals surface area contributed by atoms with Crippen LogP contribution in [0.1, 0.15) is 34.6 Å². The maximum Gasteiger partial charge on any atom is 0.239 e. The molecular formula is C10H20N2O. The van der Waals surface area contributed by atoms with Crippen LogP contribution in [0.3, 0.4) is 0 Å². The molecule has 3 heteroatoms. The van der Waals surface area contributed by atoms with Crippen LogP contribution in [-0.2, 0) is 4.79 Å². The van der Waals surface area contributed by atoms with Gasteiger partial charge < -0.3 is 4.90 Å². The van der Waals surface area contributed by atoms with E-state index in [9.17, 15) is 4.79 Å². The molecule has 0 aromatic carbocycles. The van der Waals surface area contributed by atoms with Crippen molar-refractivity contribution in [1.29, 1.82) is 0 Å². The minimum absolute atomic E-state index is 0.0393. The molecule has 1 heterocycles. The van der Waals surface area contributed by atoms with Crippen molar-refractivity contribution in [2.45, 2.75) is 52.2 Å². The molecule has 0 aromatic heterocycles. The summed E-state index contributed by atoms with van der Waals surface area (Å²) in [6.07, 6.45) is 0. The van der Waals surface area contributed by atoms with Gasteiger partial charge in [0.25, 0.3) is 0 Å². The van der Waals surface area contributed by atoms with E-state index in [4.69, 9.17) is 0 Å². The third-order valence-corrected chi connectivity index (χ3v) is 2.45. The number of carbonyl (C=O) groups is 1. The largest absolute Gasteiger partial charge is 0.337 e. The molecule has 1 rings (SSSR count). The molecule has 0 spiro atoms. The van der Waals surface area contributed by atoms with Gasteiger partial charge in [-0.3, -0.25) is 10.1 Å². The molecule has 1 unspecified atom stereocenters. The molecule has 1 amide bonds. The lowest BCUT2D eigenvalue weighted by atomic mass is 9.97. The summed E-state index contributed by atoms with van der Waals surface area (Å²) >= 11 is 0. The number of hydrogen-bond donors (Lipinski definition) is 1. The number of rotatable bonds is 1. The fourth-order valence-corrected chi connectivity index (χ4v) is 1.88. The maximum absolute atomic E-state index is 11.7. The Morgan fingerprint density at radius 3 is 2.54 bits per heavy atom. The summed E-state index contributed by atoms with van der Waals surface area (Å²) < 4.78 is 0. The summed E-state index contributed by atoms with van der Waals surface area (Å²) in [4.78, 5) is 13.7. The lowest BCUT2D eigenvalue weighted by molar-refractivity contribution is -0.140. The van der Waals surface area contributed by atoms with E-state index in [0.717, 1.165) is 6.54 Å². The van der Waals surface area contributed by atoms with Gasteiger partial charge in [0.05, 0.1) is 6.04 Å². The number of carbonyl (C=O) groups excluding carboxylic acids is 1. The van der Waals surface area contributed by atoms with Gasteiger partial charge in [-0.1, -0.05) is 0 Å². The molecule has 0 bridgehead atoms. The van der Waals surface area contributed by atoms with Crippen molar-refractivity contribution in [3.8, 4) is 0 Å². The third kappa shape index (κ3) is 2.21. The highest BCUT2D eigenvalue weighted by atomic mass is 16.2. The number of nitrogens with zero attached hydrogens (tertiary/aromatic N) is 1. The van der Waals surface area contributed by atoms with Gasteiger partial charge in [0.15, 0.2) is 0 Å². The Bertz CT molecular complexity index is 211. The topological polar surface area (TPSA) is 32.3 Å². The molecule has 0 aromatic rings. The second-order valence-electron chi connectivity index (χ2n) is 4.81. The highest BCUT2D eigenvalue weighted by Crippen LogP contribution is 2.16. The molecule has 0 saturated carbocycles. The predicted molar refractivity (Wildman–Crippen MR) is 53.5 cm³/mol. The van der Waals surface area contributed by atoms with Crippen molar-refractivity contribution in [3.63, 3.8) is 0 Å². The second-order valence-corrected chi connectivity index (χ2v) is 4.81. The van der Waals surface area contributed by atoms with E-state index >= 15 is 0 Å². The van der Waals surface area contributed by atoms with Gasteiger partial charge in [0.1, 0.15) is 0 Å². The molecule has 13 heavy (non-hydrogen) atoms. The highest BCUT2D eigenvalue weighted by Gasteiger charge is 2.36. The summed E-state index contributed by atoms with van der Waals surface area (Å²) in [7, 11) is 0. The first-order valence-electron chi connectivity index (χ1n) is 4.92. The zero-order valence-corrected chi connectivity index (χ0v) is 9.22. The van der Waals surface area contributed by atoms with Crippen LogP contribution in [0.5, 0.6) is 0 Å². The standard InChI is InChI=1S/C10H20N2O/c1-7(2)12-6-10(4,5)11-8(3)9(12)13/h7-8,11H,6H2,1-5H3. The quantitative estimate of drug-likeness (QED) is 0.659. The normalized spacial score (nSPS) is 28.3. The number of hydrogen-bond acceptors (Lipinski definition) is 2. The van der Waals surface area contributed by atoms with Crippen molar-refractivity contribution in [3.05, 3.63) is 0 Å². The van der Waals surface area contributed by atoms with Crippen LogP contribution < -0.4 is 5.32 Å². The Hall–Kier alpha value is -0.570. The first kappa shape index (κ1) is 10.5. The molecule has 3 nitrogen and oxygen atoms in total. The lowest BCUT2D eigenvalue weighted by Gasteiger charge is -2.44. The van der Waals surface area contributed by atoms with E-state index in [1.54, 1.807) is 0 Å². The highest BCUT2D eigenvalue weighted by molar-refractivity contribution is 5.82. The Morgan fingerprint density at radius 1 is 1.54 bits per heavy atom. The molecule has 0 radical (unpaired) electrons. The van der Waals surface area contributed by atoms with E-state index in [0.29, 0.717) is 6.04 Å². The van der Waals surface area contributed by atoms with Crippen LogP contribution in [-0.4, -0.2) is 35.0 Å². The van der Waals surface area contributed by atoms with E-state index in [2.05, 4.69) is 33.0 Å². The SMILES string of the molecule is CC1NC(C)(C)CN(C(C)C)C1=O. The molecule has 1 fully saturated rings. The summed E-state index contributed by atoms with van der Waals surface area (Å²) in [5.74, 6) is 0.217. The number of piperazine rings is 1. The molecular weight excluding hydrogens is 164 g/mol. The van der Waals surface area contributed by atoms with Gasteiger partial charge >= 0.3 is 0 Å². The summed E-state index contributed by atoms with van der Waals surface area (Å²) in [6, 6.07) is 0.252. The van der Waals surface area contributed by atoms with Gasteiger partial charge in [0, 0.05) is 18.1 Å². The zero-order chi connectivity index (χ0) is 10.2. The summed E-state index contributed by atoms with van der Waals surface area (Å²) in [5.41, 5.74) is 0.0393. The monoisotopic (exact) mass is 184 g/mol. The molecule has 0 aliphatic carbocycles. The second kappa shape index (κ2) is 3.29. The van der Waals surface area contributed by atoms with Crippen molar-refractivity contribution in [1.82, 2.24) is 10.2 Å². The molecule has 1 aliphatic rings. The Balaban J connectivity index is 2.79. The van der Waals surface area contributed by atoms with E-state index in [1.807, 2.05) is 11.8 Å². The number of amides is 1. The molecule has 76 valence electrons. The van der Waals surface area contributed by atoms with Gasteiger partial charge in [0.2, 0.25) is 5.91 Å². The van der Waals surface area contributed by atoms with Crippen LogP contribution in [0.25, 0.3) is 0 Å². The van der Waals surface area contributed by atoms with Crippen molar-refractivity contribution >= 4 is 5.91 Å². The minimum Gasteiger partial charge on any atom is -0.337 e. The van der Waals surface area contributed by atoms with Gasteiger partial charge in [-0.05, 0) is 34.6 Å². The average molecular weight is 184 g/mol. The van der Waals surface area contributed by atoms with Gasteiger partial charge in [-0.2, -0.15) is 0 Å². The first-order valence-corrected chi connectivity index (χ1v) is 4.92. The van der Waals surface area contributed by atoms with Crippen LogP contribution in [0.15, 0.2) is 0 Å². The van der Waals surface area contributed by atoms with Crippen molar-refractivity contribution < 1.29 is 4.79 Å². The van der Waals surface area contributed by atoms with Gasteiger partial charge in [-0.15, -0.1) is 0 Å². The van der Waals surface area contributed by atoms with Gasteiger partial charge in [-0.25, -0.2) is 0 Å². The smallest absolute Gasteiger partial charge is 0.239 e. The fourth-order valence-electron chi connectivity index (χ4n) is 1.88. The maximum atomic E-state index is 11.7. The Kier molecular flexibility index (Phi) is 2.66. The van der Waals surface area contributed by atoms with Crippen molar-refractivity contribution in [2.24, 2.45) is 0 Å². The Morgan fingerprint density at radius 2 is 2.08 bits per heavy atom. The molecule has 1 N–H and O–H groups in total. The number of nitrogens with one attached hydrogen (secondary N) is 1. The van der Waals surface area contributed by atoms with E-state index in [-0.39, 0.29) is 17.5 Å². The lowest BCUT2D eigenvalue weighted by Crippen LogP contribution is -2.65. The van der Waals surface area contributed by atoms with Crippen LogP contribution in [0, 0.1) is 0 Å². The zero-order valence-electron chi connectivity index (χ0n) is 9.22. The van der Waals surface area contributed by atoms with Crippen molar-refractivity contribution in [2.75, 3.05) is 6.54 Å². The predicted octanol–water partition coefficient (Wildman–Crippen LogP) is 0.994. The average Bonchev–Trinajstić information content (AvgIpc) is 1.95. The first-order chi connectivity index (χ1) is 5.83. The third-order valence-electron chi connectivity index (χ3n) is 2.45. The van der Waals surface area contributed by atoms with Crippen LogP contribution in [0.4, 0.5) is 0 Å². The molecule has 1 atom stereocenters. The van der Waals surface area contributed by atoms with Crippen LogP contribution >= 0.6 is 0 Å².